The van der Waals surface area contributed by atoms with Crippen molar-refractivity contribution in [1.29, 1.82) is 0 Å². The van der Waals surface area contributed by atoms with Crippen molar-refractivity contribution in [2.45, 2.75) is 42.6 Å². The summed E-state index contributed by atoms with van der Waals surface area (Å²) < 4.78 is 2.15. The lowest BCUT2D eigenvalue weighted by Gasteiger charge is -2.14. The van der Waals surface area contributed by atoms with Gasteiger partial charge in [0, 0.05) is 5.92 Å². The minimum atomic E-state index is -0.331. The third-order valence-electron chi connectivity index (χ3n) is 4.65. The van der Waals surface area contributed by atoms with Gasteiger partial charge in [0.2, 0.25) is 5.91 Å². The molecule has 0 saturated heterocycles. The topological polar surface area (TPSA) is 59.8 Å². The van der Waals surface area contributed by atoms with Gasteiger partial charge in [0.25, 0.3) is 0 Å². The van der Waals surface area contributed by atoms with E-state index in [1.165, 1.54) is 17.3 Å². The van der Waals surface area contributed by atoms with Gasteiger partial charge in [0.15, 0.2) is 5.16 Å². The Balaban J connectivity index is 1.51. The summed E-state index contributed by atoms with van der Waals surface area (Å²) in [6, 6.07) is 17.5. The Bertz CT molecular complexity index is 972. The lowest BCUT2D eigenvalue weighted by Crippen LogP contribution is -2.23. The number of anilines is 1. The first kappa shape index (κ1) is 19.0. The van der Waals surface area contributed by atoms with E-state index >= 15 is 0 Å². The Kier molecular flexibility index (Phi) is 5.69. The average Bonchev–Trinajstić information content (AvgIpc) is 3.47. The lowest BCUT2D eigenvalue weighted by molar-refractivity contribution is -0.115. The average molecular weight is 413 g/mol. The predicted molar refractivity (Wildman–Crippen MR) is 113 cm³/mol. The molecule has 1 atom stereocenters. The van der Waals surface area contributed by atoms with Crippen LogP contribution < -0.4 is 5.32 Å². The summed E-state index contributed by atoms with van der Waals surface area (Å²) >= 11 is 7.57. The Hall–Kier alpha value is -2.31. The van der Waals surface area contributed by atoms with Gasteiger partial charge in [0.05, 0.1) is 22.5 Å². The normalized spacial score (nSPS) is 14.6. The van der Waals surface area contributed by atoms with Crippen molar-refractivity contribution in [3.05, 3.63) is 71.0 Å². The summed E-state index contributed by atoms with van der Waals surface area (Å²) in [6.45, 7) is 2.58. The summed E-state index contributed by atoms with van der Waals surface area (Å²) in [5.41, 5.74) is 1.81. The Labute approximate surface area is 173 Å². The molecule has 1 aromatic heterocycles. The number of carbonyl (C=O) groups excluding carboxylic acids is 1. The number of halogens is 1. The molecule has 1 saturated carbocycles. The number of rotatable bonds is 7. The van der Waals surface area contributed by atoms with Gasteiger partial charge in [-0.3, -0.25) is 4.79 Å². The fourth-order valence-corrected chi connectivity index (χ4v) is 3.99. The van der Waals surface area contributed by atoms with Crippen LogP contribution in [-0.2, 0) is 11.3 Å². The quantitative estimate of drug-likeness (QED) is 0.556. The second kappa shape index (κ2) is 8.37. The SMILES string of the molecule is CC(Sc1nnc(C2CC2)n1Cc1ccccc1)C(=O)Nc1ccccc1Cl. The predicted octanol–water partition coefficient (Wildman–Crippen LogP) is 4.98. The molecule has 1 unspecified atom stereocenters. The number of amides is 1. The van der Waals surface area contributed by atoms with E-state index in [1.54, 1.807) is 12.1 Å². The molecule has 1 heterocycles. The molecular formula is C21H21ClN4OS. The highest BCUT2D eigenvalue weighted by Crippen LogP contribution is 2.40. The van der Waals surface area contributed by atoms with Crippen LogP contribution in [-0.4, -0.2) is 25.9 Å². The van der Waals surface area contributed by atoms with Crippen LogP contribution in [0.3, 0.4) is 0 Å². The summed E-state index contributed by atoms with van der Waals surface area (Å²) in [4.78, 5) is 12.6. The molecule has 1 N–H and O–H groups in total. The fourth-order valence-electron chi connectivity index (χ4n) is 2.95. The van der Waals surface area contributed by atoms with E-state index < -0.39 is 0 Å². The largest absolute Gasteiger partial charge is 0.324 e. The first-order valence-electron chi connectivity index (χ1n) is 9.31. The highest BCUT2D eigenvalue weighted by Gasteiger charge is 2.31. The van der Waals surface area contributed by atoms with Gasteiger partial charge in [-0.25, -0.2) is 0 Å². The van der Waals surface area contributed by atoms with Crippen LogP contribution in [0.1, 0.15) is 37.1 Å². The van der Waals surface area contributed by atoms with Crippen LogP contribution in [0, 0.1) is 0 Å². The van der Waals surface area contributed by atoms with Crippen molar-refractivity contribution in [1.82, 2.24) is 14.8 Å². The molecule has 144 valence electrons. The van der Waals surface area contributed by atoms with Crippen molar-refractivity contribution in [2.75, 3.05) is 5.32 Å². The second-order valence-corrected chi connectivity index (χ2v) is 8.63. The van der Waals surface area contributed by atoms with E-state index in [1.807, 2.05) is 37.3 Å². The van der Waals surface area contributed by atoms with Crippen molar-refractivity contribution in [3.63, 3.8) is 0 Å². The second-order valence-electron chi connectivity index (χ2n) is 6.92. The molecule has 1 aliphatic rings. The Morgan fingerprint density at radius 2 is 1.89 bits per heavy atom. The minimum Gasteiger partial charge on any atom is -0.324 e. The molecule has 5 nitrogen and oxygen atoms in total. The van der Waals surface area contributed by atoms with Crippen molar-refractivity contribution >= 4 is 35.0 Å². The Morgan fingerprint density at radius 1 is 1.18 bits per heavy atom. The van der Waals surface area contributed by atoms with Gasteiger partial charge < -0.3 is 9.88 Å². The Morgan fingerprint density at radius 3 is 2.61 bits per heavy atom. The molecule has 1 fully saturated rings. The van der Waals surface area contributed by atoms with E-state index in [2.05, 4.69) is 32.2 Å². The summed E-state index contributed by atoms with van der Waals surface area (Å²) in [6.07, 6.45) is 2.31. The summed E-state index contributed by atoms with van der Waals surface area (Å²) in [7, 11) is 0. The summed E-state index contributed by atoms with van der Waals surface area (Å²) in [5.74, 6) is 1.39. The third-order valence-corrected chi connectivity index (χ3v) is 6.06. The number of carbonyl (C=O) groups is 1. The van der Waals surface area contributed by atoms with Crippen LogP contribution in [0.25, 0.3) is 0 Å². The molecule has 1 amide bonds. The number of para-hydroxylation sites is 1. The zero-order chi connectivity index (χ0) is 19.5. The summed E-state index contributed by atoms with van der Waals surface area (Å²) in [5, 5.41) is 12.7. The van der Waals surface area contributed by atoms with Gasteiger partial charge in [0.1, 0.15) is 5.82 Å². The van der Waals surface area contributed by atoms with Crippen LogP contribution in [0.2, 0.25) is 5.02 Å². The van der Waals surface area contributed by atoms with Crippen LogP contribution in [0.15, 0.2) is 59.8 Å². The van der Waals surface area contributed by atoms with E-state index in [0.717, 1.165) is 23.8 Å². The zero-order valence-corrected chi connectivity index (χ0v) is 17.1. The molecule has 28 heavy (non-hydrogen) atoms. The van der Waals surface area contributed by atoms with Gasteiger partial charge >= 0.3 is 0 Å². The van der Waals surface area contributed by atoms with Gasteiger partial charge in [-0.2, -0.15) is 0 Å². The molecule has 2 aromatic carbocycles. The maximum absolute atomic E-state index is 12.6. The molecular weight excluding hydrogens is 392 g/mol. The number of hydrogen-bond acceptors (Lipinski definition) is 4. The maximum Gasteiger partial charge on any atom is 0.237 e. The van der Waals surface area contributed by atoms with Crippen molar-refractivity contribution < 1.29 is 4.79 Å². The van der Waals surface area contributed by atoms with Crippen molar-refractivity contribution in [2.24, 2.45) is 0 Å². The number of nitrogens with zero attached hydrogens (tertiary/aromatic N) is 3. The monoisotopic (exact) mass is 412 g/mol. The maximum atomic E-state index is 12.6. The highest BCUT2D eigenvalue weighted by atomic mass is 35.5. The molecule has 0 bridgehead atoms. The number of thioether (sulfide) groups is 1. The standard InChI is InChI=1S/C21H21ClN4OS/c1-14(20(27)23-18-10-6-5-9-17(18)22)28-21-25-24-19(16-11-12-16)26(21)13-15-7-3-2-4-8-15/h2-10,14,16H,11-13H2,1H3,(H,23,27). The minimum absolute atomic E-state index is 0.111. The first-order valence-corrected chi connectivity index (χ1v) is 10.6. The van der Waals surface area contributed by atoms with E-state index in [4.69, 9.17) is 11.6 Å². The third kappa shape index (κ3) is 4.39. The van der Waals surface area contributed by atoms with Crippen LogP contribution in [0.4, 0.5) is 5.69 Å². The van der Waals surface area contributed by atoms with Gasteiger partial charge in [-0.1, -0.05) is 65.8 Å². The van der Waals surface area contributed by atoms with Crippen LogP contribution in [0.5, 0.6) is 0 Å². The smallest absolute Gasteiger partial charge is 0.237 e. The molecule has 0 aliphatic heterocycles. The molecule has 0 radical (unpaired) electrons. The van der Waals surface area contributed by atoms with Crippen LogP contribution >= 0.6 is 23.4 Å². The molecule has 3 aromatic rings. The molecule has 4 rings (SSSR count). The van der Waals surface area contributed by atoms with Gasteiger partial charge in [-0.15, -0.1) is 10.2 Å². The highest BCUT2D eigenvalue weighted by molar-refractivity contribution is 8.00. The number of benzene rings is 2. The van der Waals surface area contributed by atoms with E-state index in [9.17, 15) is 4.79 Å². The fraction of sp³-hybridized carbons (Fsp3) is 0.286. The first-order chi connectivity index (χ1) is 13.6. The molecule has 7 heteroatoms. The van der Waals surface area contributed by atoms with E-state index in [-0.39, 0.29) is 11.2 Å². The number of aromatic nitrogens is 3. The molecule has 1 aliphatic carbocycles. The van der Waals surface area contributed by atoms with E-state index in [0.29, 0.717) is 23.2 Å². The lowest BCUT2D eigenvalue weighted by atomic mass is 10.2. The molecule has 0 spiro atoms. The van der Waals surface area contributed by atoms with Crippen molar-refractivity contribution in [3.8, 4) is 0 Å². The number of hydrogen-bond donors (Lipinski definition) is 1. The van der Waals surface area contributed by atoms with Gasteiger partial charge in [-0.05, 0) is 37.5 Å². The zero-order valence-electron chi connectivity index (χ0n) is 15.5. The number of nitrogens with one attached hydrogen (secondary N) is 1.